The van der Waals surface area contributed by atoms with Crippen LogP contribution in [0.4, 0.5) is 5.69 Å². The number of primary amides is 1. The smallest absolute Gasteiger partial charge is 0.335 e. The molecule has 2 aromatic rings. The van der Waals surface area contributed by atoms with E-state index in [0.29, 0.717) is 40.6 Å². The van der Waals surface area contributed by atoms with E-state index in [1.165, 1.54) is 19.2 Å². The summed E-state index contributed by atoms with van der Waals surface area (Å²) < 4.78 is 16.9. The van der Waals surface area contributed by atoms with Crippen molar-refractivity contribution in [3.63, 3.8) is 0 Å². The molecule has 0 heterocycles. The Morgan fingerprint density at radius 3 is 2.54 bits per heavy atom. The van der Waals surface area contributed by atoms with Crippen LogP contribution in [0.1, 0.15) is 22.8 Å². The Hall–Kier alpha value is -2.94. The van der Waals surface area contributed by atoms with Gasteiger partial charge < -0.3 is 30.4 Å². The average molecular weight is 453 g/mol. The summed E-state index contributed by atoms with van der Waals surface area (Å²) in [5, 5.41) is 12.3. The Morgan fingerprint density at radius 2 is 1.93 bits per heavy atom. The molecule has 0 aliphatic heterocycles. The lowest BCUT2D eigenvalue weighted by Gasteiger charge is -2.16. The number of methoxy groups -OCH3 is 1. The van der Waals surface area contributed by atoms with Crippen LogP contribution in [-0.2, 0) is 11.3 Å². The van der Waals surface area contributed by atoms with Crippen molar-refractivity contribution in [2.75, 3.05) is 25.6 Å². The number of benzene rings is 2. The third kappa shape index (κ3) is 5.53. The van der Waals surface area contributed by atoms with Gasteiger partial charge in [-0.1, -0.05) is 0 Å². The number of ether oxygens (including phenoxy) is 3. The maximum absolute atomic E-state index is 11.2. The molecular formula is C19H21BrN2O6. The highest BCUT2D eigenvalue weighted by atomic mass is 79.9. The highest BCUT2D eigenvalue weighted by Gasteiger charge is 2.14. The molecule has 0 aromatic heterocycles. The van der Waals surface area contributed by atoms with E-state index in [1.807, 2.05) is 6.92 Å². The first-order valence-corrected chi connectivity index (χ1v) is 9.16. The van der Waals surface area contributed by atoms with Gasteiger partial charge in [0.2, 0.25) is 0 Å². The Balaban J connectivity index is 2.25. The Kier molecular flexibility index (Phi) is 7.51. The maximum Gasteiger partial charge on any atom is 0.335 e. The number of hydrogen-bond acceptors (Lipinski definition) is 6. The molecule has 28 heavy (non-hydrogen) atoms. The van der Waals surface area contributed by atoms with Crippen molar-refractivity contribution in [2.24, 2.45) is 5.73 Å². The molecule has 0 fully saturated rings. The molecule has 2 aromatic carbocycles. The average Bonchev–Trinajstić information content (AvgIpc) is 2.65. The molecule has 0 unspecified atom stereocenters. The number of carbonyl (C=O) groups is 2. The van der Waals surface area contributed by atoms with Crippen LogP contribution in [0.2, 0.25) is 0 Å². The van der Waals surface area contributed by atoms with Gasteiger partial charge in [0.05, 0.1) is 29.4 Å². The number of nitrogens with two attached hydrogens (primary N) is 1. The summed E-state index contributed by atoms with van der Waals surface area (Å²) in [4.78, 5) is 22.2. The molecule has 4 N–H and O–H groups in total. The summed E-state index contributed by atoms with van der Waals surface area (Å²) in [7, 11) is 1.51. The second-order valence-corrected chi connectivity index (χ2v) is 6.52. The number of halogens is 1. The monoisotopic (exact) mass is 452 g/mol. The van der Waals surface area contributed by atoms with Gasteiger partial charge in [0.25, 0.3) is 5.91 Å². The number of hydrogen-bond donors (Lipinski definition) is 3. The van der Waals surface area contributed by atoms with Gasteiger partial charge in [0.1, 0.15) is 5.75 Å². The summed E-state index contributed by atoms with van der Waals surface area (Å²) in [6.07, 6.45) is 0. The first kappa shape index (κ1) is 21.4. The van der Waals surface area contributed by atoms with Gasteiger partial charge in [-0.05, 0) is 58.7 Å². The molecule has 0 saturated carbocycles. The van der Waals surface area contributed by atoms with Gasteiger partial charge in [0.15, 0.2) is 18.1 Å². The zero-order valence-corrected chi connectivity index (χ0v) is 17.0. The predicted molar refractivity (Wildman–Crippen MR) is 107 cm³/mol. The molecule has 8 nitrogen and oxygen atoms in total. The number of aromatic carboxylic acids is 1. The van der Waals surface area contributed by atoms with E-state index in [4.69, 9.17) is 19.9 Å². The minimum absolute atomic E-state index is 0.148. The van der Waals surface area contributed by atoms with Gasteiger partial charge in [-0.25, -0.2) is 4.79 Å². The fraction of sp³-hybridized carbons (Fsp3) is 0.263. The molecule has 150 valence electrons. The first-order chi connectivity index (χ1) is 13.3. The van der Waals surface area contributed by atoms with Crippen LogP contribution in [0, 0.1) is 0 Å². The minimum Gasteiger partial charge on any atom is -0.495 e. The largest absolute Gasteiger partial charge is 0.495 e. The first-order valence-electron chi connectivity index (χ1n) is 8.37. The predicted octanol–water partition coefficient (Wildman–Crippen LogP) is 3.03. The quantitative estimate of drug-likeness (QED) is 0.506. The van der Waals surface area contributed by atoms with Crippen LogP contribution in [0.3, 0.4) is 0 Å². The molecule has 9 heteroatoms. The number of amides is 1. The topological polar surface area (TPSA) is 120 Å². The lowest BCUT2D eigenvalue weighted by Crippen LogP contribution is -2.20. The van der Waals surface area contributed by atoms with Gasteiger partial charge in [-0.3, -0.25) is 4.79 Å². The second kappa shape index (κ2) is 9.84. The van der Waals surface area contributed by atoms with E-state index >= 15 is 0 Å². The summed E-state index contributed by atoms with van der Waals surface area (Å²) in [5.74, 6) is -0.250. The van der Waals surface area contributed by atoms with Crippen molar-refractivity contribution in [1.82, 2.24) is 0 Å². The highest BCUT2D eigenvalue weighted by Crippen LogP contribution is 2.37. The number of rotatable bonds is 10. The van der Waals surface area contributed by atoms with Gasteiger partial charge in [-0.2, -0.15) is 0 Å². The Bertz CT molecular complexity index is 872. The zero-order chi connectivity index (χ0) is 20.7. The SMILES string of the molecule is CCOc1cc(CNc2cc(C(=O)O)ccc2OC)cc(Br)c1OCC(N)=O. The summed E-state index contributed by atoms with van der Waals surface area (Å²) >= 11 is 3.42. The Morgan fingerprint density at radius 1 is 1.18 bits per heavy atom. The molecule has 0 radical (unpaired) electrons. The second-order valence-electron chi connectivity index (χ2n) is 5.67. The summed E-state index contributed by atoms with van der Waals surface area (Å²) in [6.45, 7) is 2.34. The van der Waals surface area contributed by atoms with Gasteiger partial charge in [0, 0.05) is 6.54 Å². The van der Waals surface area contributed by atoms with E-state index in [0.717, 1.165) is 5.56 Å². The van der Waals surface area contributed by atoms with E-state index in [-0.39, 0.29) is 12.2 Å². The van der Waals surface area contributed by atoms with Gasteiger partial charge in [-0.15, -0.1) is 0 Å². The van der Waals surface area contributed by atoms with E-state index in [1.54, 1.807) is 18.2 Å². The Labute approximate surface area is 170 Å². The zero-order valence-electron chi connectivity index (χ0n) is 15.5. The third-order valence-corrected chi connectivity index (χ3v) is 4.25. The van der Waals surface area contributed by atoms with E-state index in [9.17, 15) is 14.7 Å². The number of carboxylic acids is 1. The van der Waals surface area contributed by atoms with Crippen LogP contribution in [-0.4, -0.2) is 37.3 Å². The van der Waals surface area contributed by atoms with Crippen LogP contribution in [0.15, 0.2) is 34.8 Å². The molecule has 1 amide bonds. The molecule has 0 atom stereocenters. The lowest BCUT2D eigenvalue weighted by molar-refractivity contribution is -0.119. The van der Waals surface area contributed by atoms with Crippen molar-refractivity contribution in [2.45, 2.75) is 13.5 Å². The van der Waals surface area contributed by atoms with Crippen molar-refractivity contribution < 1.29 is 28.9 Å². The molecule has 0 spiro atoms. The number of nitrogens with one attached hydrogen (secondary N) is 1. The molecule has 0 saturated heterocycles. The summed E-state index contributed by atoms with van der Waals surface area (Å²) in [5.41, 5.74) is 6.67. The minimum atomic E-state index is -1.02. The summed E-state index contributed by atoms with van der Waals surface area (Å²) in [6, 6.07) is 8.14. The van der Waals surface area contributed by atoms with Crippen LogP contribution in [0.5, 0.6) is 17.2 Å². The van der Waals surface area contributed by atoms with Crippen molar-refractivity contribution in [3.05, 3.63) is 45.9 Å². The number of carboxylic acid groups (broad SMARTS) is 1. The normalized spacial score (nSPS) is 10.2. The molecule has 0 aliphatic rings. The van der Waals surface area contributed by atoms with Crippen molar-refractivity contribution in [1.29, 1.82) is 0 Å². The van der Waals surface area contributed by atoms with E-state index in [2.05, 4.69) is 21.2 Å². The van der Waals surface area contributed by atoms with Crippen molar-refractivity contribution >= 4 is 33.5 Å². The van der Waals surface area contributed by atoms with Gasteiger partial charge >= 0.3 is 5.97 Å². The fourth-order valence-corrected chi connectivity index (χ4v) is 3.05. The fourth-order valence-electron chi connectivity index (χ4n) is 2.45. The van der Waals surface area contributed by atoms with E-state index < -0.39 is 11.9 Å². The highest BCUT2D eigenvalue weighted by molar-refractivity contribution is 9.10. The number of carbonyl (C=O) groups excluding carboxylic acids is 1. The lowest BCUT2D eigenvalue weighted by atomic mass is 10.1. The molecule has 0 aliphatic carbocycles. The van der Waals surface area contributed by atoms with Crippen molar-refractivity contribution in [3.8, 4) is 17.2 Å². The third-order valence-electron chi connectivity index (χ3n) is 3.66. The van der Waals surface area contributed by atoms with Crippen LogP contribution < -0.4 is 25.3 Å². The number of anilines is 1. The molecule has 0 bridgehead atoms. The maximum atomic E-state index is 11.2. The standard InChI is InChI=1S/C19H21BrN2O6/c1-3-27-16-7-11(6-13(20)18(16)28-10-17(21)23)9-22-14-8-12(19(24)25)4-5-15(14)26-2/h4-8,22H,3,9-10H2,1-2H3,(H2,21,23)(H,24,25). The van der Waals surface area contributed by atoms with Crippen LogP contribution >= 0.6 is 15.9 Å². The van der Waals surface area contributed by atoms with Crippen LogP contribution in [0.25, 0.3) is 0 Å². The molecule has 2 rings (SSSR count). The molecular weight excluding hydrogens is 432 g/mol.